The molecule has 47 nitrogen and oxygen atoms in total. The van der Waals surface area contributed by atoms with Crippen LogP contribution < -0.4 is 102 Å². The summed E-state index contributed by atoms with van der Waals surface area (Å²) in [4.78, 5) is 259. The third kappa shape index (κ3) is 36.9. The predicted molar refractivity (Wildman–Crippen MR) is 464 cm³/mol. The minimum absolute atomic E-state index is 0.0137. The number of benzene rings is 3. The number of nitrogens with two attached hydrogens (primary N) is 3. The Morgan fingerprint density at radius 1 is 0.412 bits per heavy atom. The summed E-state index contributed by atoms with van der Waals surface area (Å²) in [5.41, 5.74) is 18.1. The topological polar surface area (TPSA) is 760 Å². The number of nitrogens with one attached hydrogen (secondary N) is 16. The highest BCUT2D eigenvalue weighted by Crippen LogP contribution is 2.22. The minimum Gasteiger partial charge on any atom is -0.508 e. The van der Waals surface area contributed by atoms with Crippen LogP contribution in [-0.4, -0.2) is 319 Å². The summed E-state index contributed by atoms with van der Waals surface area (Å²) in [6.07, 6.45) is -4.09. The normalized spacial score (nSPS) is 16.5. The number of amides is 18. The molecule has 18 amide bonds. The van der Waals surface area contributed by atoms with Gasteiger partial charge in [0, 0.05) is 25.8 Å². The highest BCUT2D eigenvalue weighted by atomic mass is 16.4. The lowest BCUT2D eigenvalue weighted by atomic mass is 10.00. The lowest BCUT2D eigenvalue weighted by Gasteiger charge is -2.31. The number of carbonyl (C=O) groups excluding carboxylic acids is 18. The van der Waals surface area contributed by atoms with Crippen molar-refractivity contribution >= 4 is 112 Å². The van der Waals surface area contributed by atoms with Crippen molar-refractivity contribution in [2.75, 3.05) is 46.1 Å². The summed E-state index contributed by atoms with van der Waals surface area (Å²) >= 11 is 0. The molecule has 1 aliphatic heterocycles. The molecule has 0 aliphatic carbocycles. The van der Waals surface area contributed by atoms with E-state index >= 15 is 0 Å². The van der Waals surface area contributed by atoms with Gasteiger partial charge in [0.15, 0.2) is 0 Å². The van der Waals surface area contributed by atoms with Gasteiger partial charge in [-0.1, -0.05) is 100 Å². The molecule has 1 saturated heterocycles. The average molecular weight is 1850 g/mol. The molecule has 0 spiro atoms. The molecule has 0 bridgehead atoms. The van der Waals surface area contributed by atoms with E-state index in [1.807, 2.05) is 0 Å². The molecule has 0 radical (unpaired) electrons. The minimum atomic E-state index is -1.99. The number of aromatic hydroxyl groups is 1. The summed E-state index contributed by atoms with van der Waals surface area (Å²) in [5, 5.41) is 120. The first-order valence-electron chi connectivity index (χ1n) is 42.5. The Morgan fingerprint density at radius 2 is 0.794 bits per heavy atom. The molecule has 4 rings (SSSR count). The van der Waals surface area contributed by atoms with Crippen LogP contribution in [0.2, 0.25) is 0 Å². The number of aliphatic carboxylic acids is 1. The van der Waals surface area contributed by atoms with E-state index < -0.39 is 273 Å². The fourth-order valence-corrected chi connectivity index (χ4v) is 13.2. The summed E-state index contributed by atoms with van der Waals surface area (Å²) in [6, 6.07) is -5.69. The number of phenolic OH excluding ortho intramolecular Hbond substituents is 1. The van der Waals surface area contributed by atoms with Gasteiger partial charge in [-0.15, -0.1) is 0 Å². The number of likely N-dealkylation sites (tertiary alicyclic amines) is 1. The van der Waals surface area contributed by atoms with Crippen LogP contribution in [0.15, 0.2) is 84.9 Å². The highest BCUT2D eigenvalue weighted by molar-refractivity contribution is 6.02. The first-order valence-corrected chi connectivity index (χ1v) is 42.5. The Balaban J connectivity index is 1.47. The molecule has 19 atom stereocenters. The van der Waals surface area contributed by atoms with Gasteiger partial charge in [-0.05, 0) is 120 Å². The van der Waals surface area contributed by atoms with Crippen LogP contribution in [0.5, 0.6) is 5.75 Å². The molecule has 724 valence electrons. The van der Waals surface area contributed by atoms with Gasteiger partial charge < -0.3 is 148 Å². The van der Waals surface area contributed by atoms with E-state index in [1.165, 1.54) is 65.8 Å². The highest BCUT2D eigenvalue weighted by Gasteiger charge is 2.43. The van der Waals surface area contributed by atoms with Crippen molar-refractivity contribution in [1.82, 2.24) is 90.0 Å². The SMILES string of the molecule is CC(C)CC(NC(=O)C(NC(=O)C(N)CC(N)=O)C(C)O)C(=O)NC(Cc1ccccc1)C(=O)NC(CO)C(=O)NC(CCCCN)C(=O)NC(Cc1ccc(O)cc1)C(=O)N1CCCC1C(=O)NC(C)C(=O)NC(CO)C(=O)NC(CO)C(=O)NC(CO)C(=O)NC(C(=O)NC(Cc1ccccc1)C(=O)NC(C)C(=O)NC(C(=O)NCC(=O)NC(C)C(=O)O)C(C)O)C(C)C. The molecule has 131 heavy (non-hydrogen) atoms. The fourth-order valence-electron chi connectivity index (χ4n) is 13.2. The molecular weight excluding hydrogens is 1720 g/mol. The van der Waals surface area contributed by atoms with Crippen LogP contribution in [0, 0.1) is 11.8 Å². The van der Waals surface area contributed by atoms with Crippen LogP contribution in [0.4, 0.5) is 0 Å². The van der Waals surface area contributed by atoms with Gasteiger partial charge >= 0.3 is 5.97 Å². The van der Waals surface area contributed by atoms with Crippen molar-refractivity contribution in [3.63, 3.8) is 0 Å². The van der Waals surface area contributed by atoms with E-state index in [0.29, 0.717) is 23.1 Å². The fraction of sp³-hybridized carbons (Fsp3) is 0.560. The quantitative estimate of drug-likeness (QED) is 0.0233. The van der Waals surface area contributed by atoms with Crippen LogP contribution in [-0.2, 0) is 110 Å². The van der Waals surface area contributed by atoms with Gasteiger partial charge in [-0.25, -0.2) is 0 Å². The molecule has 3 aromatic rings. The van der Waals surface area contributed by atoms with Crippen LogP contribution in [0.1, 0.15) is 124 Å². The Labute approximate surface area is 755 Å². The summed E-state index contributed by atoms with van der Waals surface area (Å²) < 4.78 is 0. The molecule has 0 saturated carbocycles. The van der Waals surface area contributed by atoms with Crippen molar-refractivity contribution in [1.29, 1.82) is 0 Å². The van der Waals surface area contributed by atoms with E-state index in [0.717, 1.165) is 11.8 Å². The molecule has 47 heteroatoms. The molecule has 1 aliphatic rings. The number of carboxylic acids is 1. The van der Waals surface area contributed by atoms with Crippen molar-refractivity contribution in [3.05, 3.63) is 102 Å². The molecule has 30 N–H and O–H groups in total. The zero-order chi connectivity index (χ0) is 98.2. The first-order chi connectivity index (χ1) is 61.8. The Hall–Kier alpha value is -12.9. The van der Waals surface area contributed by atoms with Gasteiger partial charge in [0.05, 0.1) is 57.6 Å². The van der Waals surface area contributed by atoms with E-state index in [4.69, 9.17) is 22.3 Å². The largest absolute Gasteiger partial charge is 0.508 e. The Kier molecular flexibility index (Phi) is 46.5. The van der Waals surface area contributed by atoms with Crippen molar-refractivity contribution in [2.45, 2.75) is 241 Å². The monoisotopic (exact) mass is 1850 g/mol. The summed E-state index contributed by atoms with van der Waals surface area (Å²) in [5.74, 6) is -21.5. The second kappa shape index (κ2) is 55.2. The molecule has 0 aromatic heterocycles. The molecule has 1 heterocycles. The van der Waals surface area contributed by atoms with E-state index in [2.05, 4.69) is 85.1 Å². The number of unbranched alkanes of at least 4 members (excludes halogenated alkanes) is 1. The van der Waals surface area contributed by atoms with Crippen LogP contribution >= 0.6 is 0 Å². The van der Waals surface area contributed by atoms with Gasteiger partial charge in [0.25, 0.3) is 0 Å². The molecule has 3 aromatic carbocycles. The van der Waals surface area contributed by atoms with Crippen LogP contribution in [0.3, 0.4) is 0 Å². The number of carbonyl (C=O) groups is 19. The number of rotatable bonds is 55. The molecular formula is C84H126N20O27. The van der Waals surface area contributed by atoms with Gasteiger partial charge in [0.1, 0.15) is 102 Å². The lowest BCUT2D eigenvalue weighted by molar-refractivity contribution is -0.142. The summed E-state index contributed by atoms with van der Waals surface area (Å²) in [6.45, 7) is 6.86. The maximum Gasteiger partial charge on any atom is 0.325 e. The second-order valence-corrected chi connectivity index (χ2v) is 32.4. The molecule has 1 fully saturated rings. The number of nitrogens with zero attached hydrogens (tertiary/aromatic N) is 1. The number of primary amides is 1. The predicted octanol–water partition coefficient (Wildman–Crippen LogP) is -10.3. The average Bonchev–Trinajstić information content (AvgIpc) is 1.70. The van der Waals surface area contributed by atoms with Crippen LogP contribution in [0.25, 0.3) is 0 Å². The van der Waals surface area contributed by atoms with E-state index in [9.17, 15) is 127 Å². The number of phenols is 1. The zero-order valence-corrected chi connectivity index (χ0v) is 74.2. The summed E-state index contributed by atoms with van der Waals surface area (Å²) in [7, 11) is 0. The zero-order valence-electron chi connectivity index (χ0n) is 74.2. The number of aliphatic hydroxyl groups is 6. The van der Waals surface area contributed by atoms with E-state index in [-0.39, 0.29) is 76.1 Å². The van der Waals surface area contributed by atoms with E-state index in [1.54, 1.807) is 74.5 Å². The smallest absolute Gasteiger partial charge is 0.325 e. The van der Waals surface area contributed by atoms with Crippen molar-refractivity contribution in [3.8, 4) is 5.75 Å². The lowest BCUT2D eigenvalue weighted by Crippen LogP contribution is -2.62. The third-order valence-electron chi connectivity index (χ3n) is 20.6. The Bertz CT molecular complexity index is 4400. The maximum absolute atomic E-state index is 15.0. The third-order valence-corrected chi connectivity index (χ3v) is 20.6. The first kappa shape index (κ1) is 110. The maximum atomic E-state index is 15.0. The Morgan fingerprint density at radius 3 is 1.27 bits per heavy atom. The van der Waals surface area contributed by atoms with Gasteiger partial charge in [0.2, 0.25) is 106 Å². The van der Waals surface area contributed by atoms with Gasteiger partial charge in [-0.3, -0.25) is 91.1 Å². The van der Waals surface area contributed by atoms with Crippen molar-refractivity contribution in [2.24, 2.45) is 29.0 Å². The number of aliphatic hydroxyl groups excluding tert-OH is 6. The molecule has 19 unspecified atom stereocenters. The number of hydrogen-bond acceptors (Lipinski definition) is 28. The number of hydrogen-bond donors (Lipinski definition) is 27. The standard InChI is InChI=1S/C84H126N20O27/c1-41(2)31-54(94-82(128)67(47(9)110)103-70(116)52(86)35-63(87)112)73(119)93-56(33-49-21-14-11-15-22-49)74(120)98-59(38-106)75(121)92-53(23-16-17-29-85)71(117)96-57(34-50-25-27-51(111)28-26-50)83(129)104-30-18-24-62(104)79(125)91-43(5)68(114)97-58(37-105)76(122)99-60(39-107)77(123)100-61(40-108)78(124)101-65(42(3)4)81(127)95-55(32-48-19-12-10-13-20-48)72(118)90-44(6)69(115)102-66(46(8)109)80(126)88-36-64(113)89-45(7)84(130)131/h10-15,19-22,25-28,41-47,52-62,65-67,105-111H,16-18,23-24,29-40,85-86H2,1-9H3,(H2,87,112)(H,88,126)(H,89,113)(H,90,118)(H,91,125)(H,92,121)(H,93,119)(H,94,128)(H,95,127)(H,96,117)(H,97,114)(H,98,120)(H,99,122)(H,100,123)(H,101,124)(H,102,115)(H,103,116)(H,130,131). The number of carboxylic acid groups (broad SMARTS) is 1. The van der Waals surface area contributed by atoms with Crippen molar-refractivity contribution < 1.29 is 132 Å². The van der Waals surface area contributed by atoms with Gasteiger partial charge in [-0.2, -0.15) is 0 Å². The second-order valence-electron chi connectivity index (χ2n) is 32.4.